The molecule has 2 heterocycles. The molecule has 0 spiro atoms. The lowest BCUT2D eigenvalue weighted by atomic mass is 10.2. The average molecular weight is 266 g/mol. The minimum absolute atomic E-state index is 0.238. The minimum Gasteiger partial charge on any atom is -0.396 e. The van der Waals surface area contributed by atoms with Crippen molar-refractivity contribution in [1.29, 1.82) is 5.26 Å². The van der Waals surface area contributed by atoms with E-state index in [9.17, 15) is 0 Å². The fraction of sp³-hybridized carbons (Fsp3) is 0. The predicted molar refractivity (Wildman–Crippen MR) is 78.5 cm³/mol. The van der Waals surface area contributed by atoms with Gasteiger partial charge < -0.3 is 11.1 Å². The Kier molecular flexibility index (Phi) is 2.78. The molecular formula is C14H10N4S. The first-order chi connectivity index (χ1) is 9.26. The molecule has 4 nitrogen and oxygen atoms in total. The molecule has 5 heteroatoms. The molecule has 0 aliphatic carbocycles. The molecule has 0 aliphatic heterocycles. The number of hydrogen-bond acceptors (Lipinski definition) is 5. The number of benzene rings is 1. The number of nitrogens with one attached hydrogen (secondary N) is 1. The monoisotopic (exact) mass is 266 g/mol. The fourth-order valence-corrected chi connectivity index (χ4v) is 2.59. The van der Waals surface area contributed by atoms with Crippen molar-refractivity contribution in [2.24, 2.45) is 0 Å². The number of aromatic nitrogens is 1. The highest BCUT2D eigenvalue weighted by atomic mass is 32.1. The summed E-state index contributed by atoms with van der Waals surface area (Å²) < 4.78 is 1.24. The van der Waals surface area contributed by atoms with Crippen LogP contribution >= 0.6 is 11.3 Å². The van der Waals surface area contributed by atoms with Crippen LogP contribution in [0.2, 0.25) is 0 Å². The third-order valence-corrected chi connectivity index (χ3v) is 3.66. The maximum atomic E-state index is 8.90. The Balaban J connectivity index is 1.94. The van der Waals surface area contributed by atoms with Gasteiger partial charge in [-0.15, -0.1) is 11.3 Å². The standard InChI is InChI=1S/C14H10N4S/c15-8-12-11(16)2-4-14(18-12)17-10-1-3-13-9(7-10)5-6-19-13/h1-7H,16H2,(H,17,18). The lowest BCUT2D eigenvalue weighted by molar-refractivity contribution is 1.26. The first-order valence-electron chi connectivity index (χ1n) is 5.67. The lowest BCUT2D eigenvalue weighted by Gasteiger charge is -2.06. The van der Waals surface area contributed by atoms with Gasteiger partial charge in [0, 0.05) is 10.4 Å². The highest BCUT2D eigenvalue weighted by molar-refractivity contribution is 7.17. The Labute approximate surface area is 114 Å². The van der Waals surface area contributed by atoms with Crippen molar-refractivity contribution >= 4 is 38.6 Å². The van der Waals surface area contributed by atoms with Crippen molar-refractivity contribution < 1.29 is 0 Å². The van der Waals surface area contributed by atoms with E-state index in [1.54, 1.807) is 23.5 Å². The quantitative estimate of drug-likeness (QED) is 0.744. The summed E-state index contributed by atoms with van der Waals surface area (Å²) in [6.45, 7) is 0. The van der Waals surface area contributed by atoms with Crippen LogP contribution in [0, 0.1) is 11.3 Å². The van der Waals surface area contributed by atoms with Gasteiger partial charge in [0.2, 0.25) is 0 Å². The van der Waals surface area contributed by atoms with Crippen LogP contribution in [-0.2, 0) is 0 Å². The van der Waals surface area contributed by atoms with Crippen molar-refractivity contribution in [3.05, 3.63) is 47.5 Å². The fourth-order valence-electron chi connectivity index (χ4n) is 1.82. The second-order valence-electron chi connectivity index (χ2n) is 4.04. The normalized spacial score (nSPS) is 10.3. The SMILES string of the molecule is N#Cc1nc(Nc2ccc3sccc3c2)ccc1N. The number of nitrogen functional groups attached to an aromatic ring is 1. The van der Waals surface area contributed by atoms with Crippen LogP contribution in [0.25, 0.3) is 10.1 Å². The van der Waals surface area contributed by atoms with E-state index in [1.807, 2.05) is 12.1 Å². The highest BCUT2D eigenvalue weighted by Gasteiger charge is 2.03. The van der Waals surface area contributed by atoms with E-state index in [-0.39, 0.29) is 5.69 Å². The van der Waals surface area contributed by atoms with E-state index in [1.165, 1.54) is 10.1 Å². The molecule has 0 radical (unpaired) electrons. The number of nitrogens with two attached hydrogens (primary N) is 1. The number of fused-ring (bicyclic) bond motifs is 1. The van der Waals surface area contributed by atoms with Crippen LogP contribution in [0.1, 0.15) is 5.69 Å². The van der Waals surface area contributed by atoms with Gasteiger partial charge in [-0.3, -0.25) is 0 Å². The smallest absolute Gasteiger partial charge is 0.165 e. The zero-order valence-electron chi connectivity index (χ0n) is 9.92. The number of rotatable bonds is 2. The van der Waals surface area contributed by atoms with Gasteiger partial charge in [0.1, 0.15) is 11.9 Å². The first kappa shape index (κ1) is 11.5. The maximum absolute atomic E-state index is 8.90. The molecule has 0 amide bonds. The van der Waals surface area contributed by atoms with Gasteiger partial charge in [0.05, 0.1) is 5.69 Å². The Bertz CT molecular complexity index is 785. The van der Waals surface area contributed by atoms with E-state index in [0.29, 0.717) is 11.5 Å². The first-order valence-corrected chi connectivity index (χ1v) is 6.55. The molecule has 0 fully saturated rings. The van der Waals surface area contributed by atoms with E-state index in [0.717, 1.165) is 5.69 Å². The topological polar surface area (TPSA) is 74.7 Å². The predicted octanol–water partition coefficient (Wildman–Crippen LogP) is 3.49. The summed E-state index contributed by atoms with van der Waals surface area (Å²) in [6, 6.07) is 13.6. The summed E-state index contributed by atoms with van der Waals surface area (Å²) >= 11 is 1.71. The molecule has 19 heavy (non-hydrogen) atoms. The molecular weight excluding hydrogens is 256 g/mol. The van der Waals surface area contributed by atoms with Gasteiger partial charge in [0.15, 0.2) is 5.69 Å². The van der Waals surface area contributed by atoms with Crippen LogP contribution in [0.4, 0.5) is 17.2 Å². The van der Waals surface area contributed by atoms with Crippen molar-refractivity contribution in [2.75, 3.05) is 11.1 Å². The highest BCUT2D eigenvalue weighted by Crippen LogP contribution is 2.25. The number of nitrogens with zero attached hydrogens (tertiary/aromatic N) is 2. The van der Waals surface area contributed by atoms with Crippen molar-refractivity contribution in [1.82, 2.24) is 4.98 Å². The van der Waals surface area contributed by atoms with Crippen LogP contribution < -0.4 is 11.1 Å². The van der Waals surface area contributed by atoms with Crippen molar-refractivity contribution in [2.45, 2.75) is 0 Å². The van der Waals surface area contributed by atoms with E-state index in [4.69, 9.17) is 11.0 Å². The molecule has 3 rings (SSSR count). The van der Waals surface area contributed by atoms with Gasteiger partial charge in [-0.2, -0.15) is 5.26 Å². The molecule has 0 atom stereocenters. The summed E-state index contributed by atoms with van der Waals surface area (Å²) in [5.74, 6) is 0.611. The van der Waals surface area contributed by atoms with E-state index in [2.05, 4.69) is 33.9 Å². The average Bonchev–Trinajstić information content (AvgIpc) is 2.88. The van der Waals surface area contributed by atoms with Crippen LogP contribution in [0.15, 0.2) is 41.8 Å². The summed E-state index contributed by atoms with van der Waals surface area (Å²) in [5.41, 5.74) is 7.21. The third kappa shape index (κ3) is 2.21. The molecule has 0 bridgehead atoms. The largest absolute Gasteiger partial charge is 0.396 e. The number of anilines is 3. The number of nitriles is 1. The van der Waals surface area contributed by atoms with Crippen molar-refractivity contribution in [3.8, 4) is 6.07 Å². The van der Waals surface area contributed by atoms with Crippen LogP contribution in [0.3, 0.4) is 0 Å². The molecule has 0 saturated carbocycles. The molecule has 2 aromatic heterocycles. The number of thiophene rings is 1. The molecule has 0 aliphatic rings. The van der Waals surface area contributed by atoms with Gasteiger partial charge >= 0.3 is 0 Å². The summed E-state index contributed by atoms with van der Waals surface area (Å²) in [5, 5.41) is 15.3. The summed E-state index contributed by atoms with van der Waals surface area (Å²) in [7, 11) is 0. The van der Waals surface area contributed by atoms with Gasteiger partial charge in [-0.1, -0.05) is 0 Å². The minimum atomic E-state index is 0.238. The van der Waals surface area contributed by atoms with Gasteiger partial charge in [-0.25, -0.2) is 4.98 Å². The molecule has 0 unspecified atom stereocenters. The second-order valence-corrected chi connectivity index (χ2v) is 4.99. The molecule has 3 aromatic rings. The van der Waals surface area contributed by atoms with E-state index < -0.39 is 0 Å². The van der Waals surface area contributed by atoms with Gasteiger partial charge in [-0.05, 0) is 47.2 Å². The molecule has 92 valence electrons. The number of hydrogen-bond donors (Lipinski definition) is 2. The van der Waals surface area contributed by atoms with Crippen LogP contribution in [-0.4, -0.2) is 4.98 Å². The molecule has 3 N–H and O–H groups in total. The summed E-state index contributed by atoms with van der Waals surface area (Å²) in [4.78, 5) is 4.16. The summed E-state index contributed by atoms with van der Waals surface area (Å²) in [6.07, 6.45) is 0. The Hall–Kier alpha value is -2.58. The third-order valence-electron chi connectivity index (χ3n) is 2.76. The van der Waals surface area contributed by atoms with Gasteiger partial charge in [0.25, 0.3) is 0 Å². The van der Waals surface area contributed by atoms with Crippen LogP contribution in [0.5, 0.6) is 0 Å². The molecule has 0 saturated heterocycles. The Morgan fingerprint density at radius 2 is 2.11 bits per heavy atom. The number of pyridine rings is 1. The maximum Gasteiger partial charge on any atom is 0.165 e. The van der Waals surface area contributed by atoms with E-state index >= 15 is 0 Å². The zero-order valence-corrected chi connectivity index (χ0v) is 10.7. The Morgan fingerprint density at radius 1 is 1.21 bits per heavy atom. The van der Waals surface area contributed by atoms with Crippen molar-refractivity contribution in [3.63, 3.8) is 0 Å². The zero-order chi connectivity index (χ0) is 13.2. The second kappa shape index (κ2) is 4.59. The molecule has 1 aromatic carbocycles. The Morgan fingerprint density at radius 3 is 2.95 bits per heavy atom. The lowest BCUT2D eigenvalue weighted by Crippen LogP contribution is -1.98.